The minimum atomic E-state index is -1.44. The molecule has 0 saturated carbocycles. The third kappa shape index (κ3) is 3.85. The summed E-state index contributed by atoms with van der Waals surface area (Å²) >= 11 is 0. The average Bonchev–Trinajstić information content (AvgIpc) is 2.16. The van der Waals surface area contributed by atoms with E-state index in [9.17, 15) is 14.7 Å². The Kier molecular flexibility index (Phi) is 4.70. The smallest absolute Gasteiger partial charge is 0.325 e. The maximum absolute atomic E-state index is 11.3. The quantitative estimate of drug-likeness (QED) is 0.472. The molecule has 88 valence electrons. The van der Waals surface area contributed by atoms with Gasteiger partial charge in [0.05, 0.1) is 6.61 Å². The van der Waals surface area contributed by atoms with Crippen LogP contribution in [0.2, 0.25) is 0 Å². The van der Waals surface area contributed by atoms with Crippen molar-refractivity contribution in [1.82, 2.24) is 5.32 Å². The van der Waals surface area contributed by atoms with Crippen molar-refractivity contribution in [2.45, 2.75) is 32.9 Å². The fourth-order valence-corrected chi connectivity index (χ4v) is 0.795. The summed E-state index contributed by atoms with van der Waals surface area (Å²) in [5.74, 6) is -1.98. The topological polar surface area (TPSA) is 107 Å². The van der Waals surface area contributed by atoms with Crippen LogP contribution in [0.25, 0.3) is 0 Å². The molecule has 15 heavy (non-hydrogen) atoms. The van der Waals surface area contributed by atoms with Crippen molar-refractivity contribution in [3.63, 3.8) is 0 Å². The molecule has 0 saturated heterocycles. The predicted molar refractivity (Wildman–Crippen MR) is 52.1 cm³/mol. The molecule has 0 aromatic rings. The second-order valence-electron chi connectivity index (χ2n) is 4.12. The highest BCUT2D eigenvalue weighted by Gasteiger charge is 2.34. The summed E-state index contributed by atoms with van der Waals surface area (Å²) < 4.78 is 0. The van der Waals surface area contributed by atoms with Crippen LogP contribution in [0.3, 0.4) is 0 Å². The lowest BCUT2D eigenvalue weighted by Gasteiger charge is -2.27. The van der Waals surface area contributed by atoms with Gasteiger partial charge >= 0.3 is 5.97 Å². The van der Waals surface area contributed by atoms with Crippen molar-refractivity contribution in [3.8, 4) is 0 Å². The molecule has 0 aliphatic heterocycles. The molecule has 6 heteroatoms. The number of carboxylic acids is 1. The number of amides is 1. The molecule has 2 atom stereocenters. The van der Waals surface area contributed by atoms with Gasteiger partial charge in [0, 0.05) is 5.41 Å². The SMILES string of the molecule is CC(NC(=O)[C@@H](O)C(C)(C)CO)C(=O)O. The van der Waals surface area contributed by atoms with Gasteiger partial charge in [-0.05, 0) is 6.92 Å². The van der Waals surface area contributed by atoms with Gasteiger partial charge in [-0.25, -0.2) is 0 Å². The number of hydrogen-bond donors (Lipinski definition) is 4. The van der Waals surface area contributed by atoms with Gasteiger partial charge in [0.2, 0.25) is 5.91 Å². The third-order valence-electron chi connectivity index (χ3n) is 2.13. The van der Waals surface area contributed by atoms with Crippen LogP contribution in [0.1, 0.15) is 20.8 Å². The molecule has 0 aromatic heterocycles. The normalized spacial score (nSPS) is 15.5. The molecule has 0 aliphatic carbocycles. The molecule has 1 unspecified atom stereocenters. The second kappa shape index (κ2) is 5.09. The number of aliphatic carboxylic acids is 1. The van der Waals surface area contributed by atoms with E-state index in [0.29, 0.717) is 0 Å². The van der Waals surface area contributed by atoms with Crippen LogP contribution in [0.4, 0.5) is 0 Å². The highest BCUT2D eigenvalue weighted by molar-refractivity contribution is 5.86. The van der Waals surface area contributed by atoms with Gasteiger partial charge in [-0.3, -0.25) is 9.59 Å². The Labute approximate surface area is 87.9 Å². The minimum absolute atomic E-state index is 0.372. The molecular formula is C9H17NO5. The molecule has 6 nitrogen and oxygen atoms in total. The molecule has 1 amide bonds. The summed E-state index contributed by atoms with van der Waals surface area (Å²) in [4.78, 5) is 21.8. The zero-order valence-corrected chi connectivity index (χ0v) is 9.02. The number of rotatable bonds is 5. The Bertz CT molecular complexity index is 251. The highest BCUT2D eigenvalue weighted by atomic mass is 16.4. The predicted octanol–water partition coefficient (Wildman–Crippen LogP) is -1.04. The second-order valence-corrected chi connectivity index (χ2v) is 4.12. The number of carbonyl (C=O) groups excluding carboxylic acids is 1. The first-order valence-electron chi connectivity index (χ1n) is 4.54. The van der Waals surface area contributed by atoms with Gasteiger partial charge in [-0.2, -0.15) is 0 Å². The molecule has 4 N–H and O–H groups in total. The zero-order valence-electron chi connectivity index (χ0n) is 9.02. The van der Waals surface area contributed by atoms with E-state index in [1.807, 2.05) is 0 Å². The Morgan fingerprint density at radius 1 is 1.40 bits per heavy atom. The summed E-state index contributed by atoms with van der Waals surface area (Å²) in [6.45, 7) is 3.92. The summed E-state index contributed by atoms with van der Waals surface area (Å²) in [7, 11) is 0. The van der Waals surface area contributed by atoms with Crippen LogP contribution < -0.4 is 5.32 Å². The largest absolute Gasteiger partial charge is 0.480 e. The molecule has 0 spiro atoms. The van der Waals surface area contributed by atoms with Crippen LogP contribution >= 0.6 is 0 Å². The summed E-state index contributed by atoms with van der Waals surface area (Å²) in [5, 5.41) is 29.1. The maximum atomic E-state index is 11.3. The van der Waals surface area contributed by atoms with E-state index in [0.717, 1.165) is 0 Å². The first-order valence-corrected chi connectivity index (χ1v) is 4.54. The average molecular weight is 219 g/mol. The Balaban J connectivity index is 4.40. The fourth-order valence-electron chi connectivity index (χ4n) is 0.795. The summed E-state index contributed by atoms with van der Waals surface area (Å²) in [6.07, 6.45) is -1.44. The van der Waals surface area contributed by atoms with Gasteiger partial charge in [0.1, 0.15) is 12.1 Å². The van der Waals surface area contributed by atoms with Crippen LogP contribution in [0.15, 0.2) is 0 Å². The van der Waals surface area contributed by atoms with Gasteiger partial charge in [0.15, 0.2) is 0 Å². The molecule has 0 heterocycles. The maximum Gasteiger partial charge on any atom is 0.325 e. The van der Waals surface area contributed by atoms with Crippen molar-refractivity contribution < 1.29 is 24.9 Å². The standard InChI is InChI=1S/C9H17NO5/c1-5(8(14)15)10-7(13)6(12)9(2,3)4-11/h5-6,11-12H,4H2,1-3H3,(H,10,13)(H,14,15)/t5?,6-/m1/s1. The summed E-state index contributed by atoms with van der Waals surface area (Å²) in [6, 6.07) is -1.07. The van der Waals surface area contributed by atoms with Crippen LogP contribution in [0, 0.1) is 5.41 Å². The van der Waals surface area contributed by atoms with E-state index in [4.69, 9.17) is 10.2 Å². The van der Waals surface area contributed by atoms with Crippen LogP contribution in [-0.2, 0) is 9.59 Å². The van der Waals surface area contributed by atoms with Gasteiger partial charge in [-0.1, -0.05) is 13.8 Å². The lowest BCUT2D eigenvalue weighted by molar-refractivity contribution is -0.145. The first-order chi connectivity index (χ1) is 6.72. The highest BCUT2D eigenvalue weighted by Crippen LogP contribution is 2.19. The van der Waals surface area contributed by atoms with E-state index in [2.05, 4.69) is 5.32 Å². The third-order valence-corrected chi connectivity index (χ3v) is 2.13. The number of nitrogens with one attached hydrogen (secondary N) is 1. The number of hydrogen-bond acceptors (Lipinski definition) is 4. The van der Waals surface area contributed by atoms with Crippen molar-refractivity contribution >= 4 is 11.9 Å². The van der Waals surface area contributed by atoms with Crippen molar-refractivity contribution in [1.29, 1.82) is 0 Å². The van der Waals surface area contributed by atoms with Crippen molar-refractivity contribution in [2.24, 2.45) is 5.41 Å². The van der Waals surface area contributed by atoms with E-state index >= 15 is 0 Å². The van der Waals surface area contributed by atoms with E-state index in [1.165, 1.54) is 20.8 Å². The van der Waals surface area contributed by atoms with Gasteiger partial charge in [0.25, 0.3) is 0 Å². The molecule has 0 fully saturated rings. The first kappa shape index (κ1) is 13.9. The number of carbonyl (C=O) groups is 2. The lowest BCUT2D eigenvalue weighted by Crippen LogP contribution is -2.49. The Morgan fingerprint density at radius 3 is 2.20 bits per heavy atom. The Morgan fingerprint density at radius 2 is 1.87 bits per heavy atom. The van der Waals surface area contributed by atoms with Crippen molar-refractivity contribution in [3.05, 3.63) is 0 Å². The van der Waals surface area contributed by atoms with Crippen molar-refractivity contribution in [2.75, 3.05) is 6.61 Å². The lowest BCUT2D eigenvalue weighted by atomic mass is 9.87. The van der Waals surface area contributed by atoms with Crippen LogP contribution in [0.5, 0.6) is 0 Å². The van der Waals surface area contributed by atoms with Gasteiger partial charge in [-0.15, -0.1) is 0 Å². The summed E-state index contributed by atoms with van der Waals surface area (Å²) in [5.41, 5.74) is -0.998. The molecule has 0 radical (unpaired) electrons. The number of aliphatic hydroxyl groups is 2. The number of carboxylic acid groups (broad SMARTS) is 1. The zero-order chi connectivity index (χ0) is 12.2. The van der Waals surface area contributed by atoms with E-state index in [-0.39, 0.29) is 6.61 Å². The van der Waals surface area contributed by atoms with Crippen LogP contribution in [-0.4, -0.2) is 45.9 Å². The molecule has 0 rings (SSSR count). The van der Waals surface area contributed by atoms with E-state index < -0.39 is 29.4 Å². The molecule has 0 bridgehead atoms. The van der Waals surface area contributed by atoms with Gasteiger partial charge < -0.3 is 20.6 Å². The Hall–Kier alpha value is -1.14. The fraction of sp³-hybridized carbons (Fsp3) is 0.778. The number of aliphatic hydroxyl groups excluding tert-OH is 2. The molecule has 0 aliphatic rings. The monoisotopic (exact) mass is 219 g/mol. The van der Waals surface area contributed by atoms with E-state index in [1.54, 1.807) is 0 Å². The minimum Gasteiger partial charge on any atom is -0.480 e. The molecule has 0 aromatic carbocycles. The molecular weight excluding hydrogens is 202 g/mol.